The fourth-order valence-electron chi connectivity index (χ4n) is 3.23. The van der Waals surface area contributed by atoms with Crippen molar-refractivity contribution < 1.29 is 9.59 Å². The summed E-state index contributed by atoms with van der Waals surface area (Å²) in [4.78, 5) is 32.3. The van der Waals surface area contributed by atoms with Crippen LogP contribution < -0.4 is 0 Å². The number of aromatic amines is 2. The standard InChI is InChI=1S/C17H14BrN3O2/c1-21-14(22)8-11(17(21)23)15-10-7-9(18)4-5-12(10)20-16(15)13-3-2-6-19-13/h2-7,11,19-20H,8H2,1H3. The molecule has 1 unspecified atom stereocenters. The van der Waals surface area contributed by atoms with E-state index < -0.39 is 5.92 Å². The van der Waals surface area contributed by atoms with E-state index in [0.29, 0.717) is 0 Å². The Morgan fingerprint density at radius 3 is 2.74 bits per heavy atom. The Kier molecular flexibility index (Phi) is 3.16. The SMILES string of the molecule is CN1C(=O)CC(c2c(-c3ccc[nH]3)[nH]c3ccc(Br)cc23)C1=O. The third-order valence-electron chi connectivity index (χ3n) is 4.40. The molecule has 0 radical (unpaired) electrons. The zero-order chi connectivity index (χ0) is 16.1. The normalized spacial score (nSPS) is 18.3. The van der Waals surface area contributed by atoms with Crippen molar-refractivity contribution in [1.82, 2.24) is 14.9 Å². The minimum absolute atomic E-state index is 0.137. The fraction of sp³-hybridized carbons (Fsp3) is 0.176. The molecule has 2 amide bonds. The van der Waals surface area contributed by atoms with Crippen LogP contribution in [0.25, 0.3) is 22.3 Å². The van der Waals surface area contributed by atoms with Crippen LogP contribution in [0.15, 0.2) is 41.0 Å². The van der Waals surface area contributed by atoms with Crippen LogP contribution in [0.3, 0.4) is 0 Å². The number of imide groups is 1. The molecule has 23 heavy (non-hydrogen) atoms. The first-order valence-corrected chi connectivity index (χ1v) is 8.11. The highest BCUT2D eigenvalue weighted by atomic mass is 79.9. The van der Waals surface area contributed by atoms with Crippen LogP contribution in [-0.4, -0.2) is 33.7 Å². The minimum atomic E-state index is -0.450. The topological polar surface area (TPSA) is 69.0 Å². The van der Waals surface area contributed by atoms with Gasteiger partial charge in [0.15, 0.2) is 0 Å². The maximum absolute atomic E-state index is 12.5. The van der Waals surface area contributed by atoms with Gasteiger partial charge in [-0.1, -0.05) is 15.9 Å². The van der Waals surface area contributed by atoms with Crippen molar-refractivity contribution in [3.63, 3.8) is 0 Å². The van der Waals surface area contributed by atoms with Crippen molar-refractivity contribution in [2.75, 3.05) is 7.05 Å². The van der Waals surface area contributed by atoms with Gasteiger partial charge in [-0.2, -0.15) is 0 Å². The molecule has 3 heterocycles. The van der Waals surface area contributed by atoms with Gasteiger partial charge in [-0.3, -0.25) is 14.5 Å². The average molecular weight is 372 g/mol. The van der Waals surface area contributed by atoms with E-state index in [1.54, 1.807) is 7.05 Å². The van der Waals surface area contributed by atoms with Crippen LogP contribution in [0.1, 0.15) is 17.9 Å². The Labute approximate surface area is 140 Å². The Morgan fingerprint density at radius 2 is 2.09 bits per heavy atom. The van der Waals surface area contributed by atoms with Gasteiger partial charge in [-0.05, 0) is 30.3 Å². The number of rotatable bonds is 2. The van der Waals surface area contributed by atoms with E-state index >= 15 is 0 Å². The van der Waals surface area contributed by atoms with E-state index in [1.807, 2.05) is 36.5 Å². The van der Waals surface area contributed by atoms with Crippen molar-refractivity contribution >= 4 is 38.6 Å². The molecule has 1 aliphatic heterocycles. The van der Waals surface area contributed by atoms with E-state index in [-0.39, 0.29) is 18.2 Å². The van der Waals surface area contributed by atoms with Gasteiger partial charge in [-0.15, -0.1) is 0 Å². The number of halogens is 1. The first kappa shape index (κ1) is 14.3. The quantitative estimate of drug-likeness (QED) is 0.677. The zero-order valence-electron chi connectivity index (χ0n) is 12.4. The summed E-state index contributed by atoms with van der Waals surface area (Å²) in [6.07, 6.45) is 2.05. The number of H-pyrrole nitrogens is 2. The van der Waals surface area contributed by atoms with Crippen LogP contribution in [0, 0.1) is 0 Å². The number of hydrogen-bond donors (Lipinski definition) is 2. The highest BCUT2D eigenvalue weighted by Gasteiger charge is 2.40. The van der Waals surface area contributed by atoms with E-state index in [4.69, 9.17) is 0 Å². The maximum Gasteiger partial charge on any atom is 0.237 e. The summed E-state index contributed by atoms with van der Waals surface area (Å²) in [6.45, 7) is 0. The van der Waals surface area contributed by atoms with Gasteiger partial charge in [0.2, 0.25) is 11.8 Å². The van der Waals surface area contributed by atoms with Crippen LogP contribution in [0.2, 0.25) is 0 Å². The lowest BCUT2D eigenvalue weighted by Gasteiger charge is -2.10. The second-order valence-corrected chi connectivity index (χ2v) is 6.65. The zero-order valence-corrected chi connectivity index (χ0v) is 14.0. The van der Waals surface area contributed by atoms with Crippen LogP contribution >= 0.6 is 15.9 Å². The van der Waals surface area contributed by atoms with Gasteiger partial charge in [0.25, 0.3) is 0 Å². The summed E-state index contributed by atoms with van der Waals surface area (Å²) in [5.41, 5.74) is 3.60. The third kappa shape index (κ3) is 2.13. The number of aromatic nitrogens is 2. The number of nitrogens with zero attached hydrogens (tertiary/aromatic N) is 1. The number of carbonyl (C=O) groups is 2. The van der Waals surface area contributed by atoms with Crippen LogP contribution in [-0.2, 0) is 9.59 Å². The van der Waals surface area contributed by atoms with Crippen molar-refractivity contribution in [2.45, 2.75) is 12.3 Å². The monoisotopic (exact) mass is 371 g/mol. The van der Waals surface area contributed by atoms with Gasteiger partial charge in [0, 0.05) is 40.6 Å². The molecular weight excluding hydrogens is 358 g/mol. The fourth-order valence-corrected chi connectivity index (χ4v) is 3.59. The third-order valence-corrected chi connectivity index (χ3v) is 4.89. The van der Waals surface area contributed by atoms with E-state index in [1.165, 1.54) is 4.90 Å². The second kappa shape index (κ2) is 5.09. The number of carbonyl (C=O) groups excluding carboxylic acids is 2. The van der Waals surface area contributed by atoms with Crippen LogP contribution in [0.4, 0.5) is 0 Å². The van der Waals surface area contributed by atoms with Crippen molar-refractivity contribution in [1.29, 1.82) is 0 Å². The lowest BCUT2D eigenvalue weighted by atomic mass is 9.93. The van der Waals surface area contributed by atoms with Gasteiger partial charge in [0.1, 0.15) is 0 Å². The molecule has 3 aromatic rings. The first-order chi connectivity index (χ1) is 11.1. The molecule has 5 nitrogen and oxygen atoms in total. The van der Waals surface area contributed by atoms with Crippen molar-refractivity contribution in [3.8, 4) is 11.4 Å². The second-order valence-electron chi connectivity index (χ2n) is 5.74. The molecule has 4 rings (SSSR count). The number of fused-ring (bicyclic) bond motifs is 1. The molecule has 116 valence electrons. The maximum atomic E-state index is 12.5. The Hall–Kier alpha value is -2.34. The minimum Gasteiger partial charge on any atom is -0.360 e. The Balaban J connectivity index is 2.00. The molecule has 2 N–H and O–H groups in total. The van der Waals surface area contributed by atoms with Gasteiger partial charge >= 0.3 is 0 Å². The predicted octanol–water partition coefficient (Wildman–Crippen LogP) is 3.40. The molecule has 0 saturated carbocycles. The number of hydrogen-bond acceptors (Lipinski definition) is 2. The van der Waals surface area contributed by atoms with E-state index in [9.17, 15) is 9.59 Å². The summed E-state index contributed by atoms with van der Waals surface area (Å²) >= 11 is 3.49. The molecule has 0 bridgehead atoms. The largest absolute Gasteiger partial charge is 0.360 e. The lowest BCUT2D eigenvalue weighted by molar-refractivity contribution is -0.137. The molecular formula is C17H14BrN3O2. The Morgan fingerprint density at radius 1 is 1.26 bits per heavy atom. The molecule has 6 heteroatoms. The predicted molar refractivity (Wildman–Crippen MR) is 90.9 cm³/mol. The average Bonchev–Trinajstić information content (AvgIpc) is 3.22. The lowest BCUT2D eigenvalue weighted by Crippen LogP contribution is -2.25. The molecule has 0 aliphatic carbocycles. The molecule has 1 saturated heterocycles. The molecule has 1 fully saturated rings. The molecule has 2 aromatic heterocycles. The van der Waals surface area contributed by atoms with Gasteiger partial charge in [0.05, 0.1) is 17.3 Å². The van der Waals surface area contributed by atoms with Crippen molar-refractivity contribution in [2.24, 2.45) is 0 Å². The number of likely N-dealkylation sites (tertiary alicyclic amines) is 1. The Bertz CT molecular complexity index is 927. The van der Waals surface area contributed by atoms with E-state index in [2.05, 4.69) is 25.9 Å². The van der Waals surface area contributed by atoms with Gasteiger partial charge < -0.3 is 9.97 Å². The summed E-state index contributed by atoms with van der Waals surface area (Å²) in [7, 11) is 1.55. The van der Waals surface area contributed by atoms with Crippen LogP contribution in [0.5, 0.6) is 0 Å². The highest BCUT2D eigenvalue weighted by Crippen LogP contribution is 2.40. The summed E-state index contributed by atoms with van der Waals surface area (Å²) < 4.78 is 0.938. The summed E-state index contributed by atoms with van der Waals surface area (Å²) in [5.74, 6) is -0.737. The number of nitrogens with one attached hydrogen (secondary N) is 2. The molecule has 1 aromatic carbocycles. The summed E-state index contributed by atoms with van der Waals surface area (Å²) in [6, 6.07) is 9.78. The number of amides is 2. The van der Waals surface area contributed by atoms with Gasteiger partial charge in [-0.25, -0.2) is 0 Å². The molecule has 0 spiro atoms. The molecule has 1 atom stereocenters. The number of benzene rings is 1. The summed E-state index contributed by atoms with van der Waals surface area (Å²) in [5, 5.41) is 0.963. The highest BCUT2D eigenvalue weighted by molar-refractivity contribution is 9.10. The van der Waals surface area contributed by atoms with E-state index in [0.717, 1.165) is 32.3 Å². The first-order valence-electron chi connectivity index (χ1n) is 7.31. The molecule has 1 aliphatic rings. The smallest absolute Gasteiger partial charge is 0.237 e. The van der Waals surface area contributed by atoms with Crippen molar-refractivity contribution in [3.05, 3.63) is 46.6 Å². The number of likely N-dealkylation sites (N-methyl/N-ethyl adjacent to an activating group) is 1.